The van der Waals surface area contributed by atoms with Crippen LogP contribution in [0, 0.1) is 0 Å². The molecule has 0 spiro atoms. The average Bonchev–Trinajstić information content (AvgIpc) is 3.33. The van der Waals surface area contributed by atoms with E-state index in [0.717, 1.165) is 4.90 Å². The smallest absolute Gasteiger partial charge is 0.309 e. The number of rotatable bonds is 6. The van der Waals surface area contributed by atoms with Gasteiger partial charge < -0.3 is 9.67 Å². The van der Waals surface area contributed by atoms with Crippen molar-refractivity contribution in [2.45, 2.75) is 30.1 Å². The maximum atomic E-state index is 12.9. The van der Waals surface area contributed by atoms with Gasteiger partial charge in [0, 0.05) is 23.2 Å². The molecule has 5 heteroatoms. The zero-order valence-electron chi connectivity index (χ0n) is 13.2. The molecule has 0 radical (unpaired) electrons. The SMILES string of the molecule is CSc1cc(CC(=O)O)n(C)c1C(=O)c1ccc(C2CC2)cc1. The number of benzene rings is 1. The van der Waals surface area contributed by atoms with Crippen molar-refractivity contribution in [3.8, 4) is 0 Å². The number of carbonyl (C=O) groups excluding carboxylic acids is 1. The number of nitrogens with zero attached hydrogens (tertiary/aromatic N) is 1. The fraction of sp³-hybridized carbons (Fsp3) is 0.333. The summed E-state index contributed by atoms with van der Waals surface area (Å²) in [5, 5.41) is 9.00. The number of carboxylic acids is 1. The molecule has 1 saturated carbocycles. The van der Waals surface area contributed by atoms with Crippen LogP contribution >= 0.6 is 11.8 Å². The third-order valence-electron chi connectivity index (χ3n) is 4.29. The van der Waals surface area contributed by atoms with Gasteiger partial charge in [-0.3, -0.25) is 9.59 Å². The maximum absolute atomic E-state index is 12.9. The lowest BCUT2D eigenvalue weighted by atomic mass is 10.0. The van der Waals surface area contributed by atoms with Gasteiger partial charge in [0.05, 0.1) is 6.42 Å². The summed E-state index contributed by atoms with van der Waals surface area (Å²) in [4.78, 5) is 24.7. The lowest BCUT2D eigenvalue weighted by Crippen LogP contribution is -2.12. The van der Waals surface area contributed by atoms with E-state index in [1.54, 1.807) is 17.7 Å². The molecule has 0 aliphatic heterocycles. The van der Waals surface area contributed by atoms with E-state index in [9.17, 15) is 9.59 Å². The summed E-state index contributed by atoms with van der Waals surface area (Å²) in [6.45, 7) is 0. The topological polar surface area (TPSA) is 59.3 Å². The number of hydrogen-bond acceptors (Lipinski definition) is 3. The predicted molar refractivity (Wildman–Crippen MR) is 90.4 cm³/mol. The van der Waals surface area contributed by atoms with Crippen LogP contribution in [-0.4, -0.2) is 27.7 Å². The minimum Gasteiger partial charge on any atom is -0.481 e. The van der Waals surface area contributed by atoms with Gasteiger partial charge in [-0.25, -0.2) is 0 Å². The van der Waals surface area contributed by atoms with Crippen LogP contribution in [-0.2, 0) is 18.3 Å². The lowest BCUT2D eigenvalue weighted by Gasteiger charge is -2.08. The molecule has 0 bridgehead atoms. The first-order valence-electron chi connectivity index (χ1n) is 7.60. The van der Waals surface area contributed by atoms with Crippen molar-refractivity contribution in [3.63, 3.8) is 0 Å². The van der Waals surface area contributed by atoms with Crippen LogP contribution in [0.5, 0.6) is 0 Å². The standard InChI is InChI=1S/C18H19NO3S/c1-19-14(10-16(20)21)9-15(23-2)17(19)18(22)13-7-5-12(6-8-13)11-3-4-11/h5-9,11H,3-4,10H2,1-2H3,(H,20,21). The number of aliphatic carboxylic acids is 1. The molecular weight excluding hydrogens is 310 g/mol. The number of ketones is 1. The van der Waals surface area contributed by atoms with E-state index in [2.05, 4.69) is 0 Å². The van der Waals surface area contributed by atoms with Crippen molar-refractivity contribution in [1.82, 2.24) is 4.57 Å². The molecule has 4 nitrogen and oxygen atoms in total. The van der Waals surface area contributed by atoms with Gasteiger partial charge >= 0.3 is 5.97 Å². The van der Waals surface area contributed by atoms with E-state index in [0.29, 0.717) is 22.9 Å². The molecule has 0 atom stereocenters. The highest BCUT2D eigenvalue weighted by molar-refractivity contribution is 7.98. The number of carboxylic acid groups (broad SMARTS) is 1. The predicted octanol–water partition coefficient (Wildman–Crippen LogP) is 3.48. The zero-order chi connectivity index (χ0) is 16.6. The van der Waals surface area contributed by atoms with Gasteiger partial charge in [-0.1, -0.05) is 24.3 Å². The van der Waals surface area contributed by atoms with Crippen molar-refractivity contribution in [2.24, 2.45) is 7.05 Å². The summed E-state index contributed by atoms with van der Waals surface area (Å²) in [5.74, 6) is -0.292. The third kappa shape index (κ3) is 3.20. The molecule has 120 valence electrons. The molecular formula is C18H19NO3S. The quantitative estimate of drug-likeness (QED) is 0.651. The molecule has 1 N–H and O–H groups in total. The molecule has 0 saturated heterocycles. The summed E-state index contributed by atoms with van der Waals surface area (Å²) in [5.41, 5.74) is 3.14. The second-order valence-corrected chi connectivity index (χ2v) is 6.76. The monoisotopic (exact) mass is 329 g/mol. The first-order valence-corrected chi connectivity index (χ1v) is 8.82. The van der Waals surface area contributed by atoms with E-state index in [4.69, 9.17) is 5.11 Å². The molecule has 1 aliphatic carbocycles. The number of thioether (sulfide) groups is 1. The number of aromatic nitrogens is 1. The van der Waals surface area contributed by atoms with Gasteiger partial charge in [-0.05, 0) is 36.6 Å². The average molecular weight is 329 g/mol. The Morgan fingerprint density at radius 3 is 2.43 bits per heavy atom. The highest BCUT2D eigenvalue weighted by atomic mass is 32.2. The molecule has 1 heterocycles. The van der Waals surface area contributed by atoms with Gasteiger partial charge in [0.1, 0.15) is 5.69 Å². The second kappa shape index (κ2) is 6.24. The van der Waals surface area contributed by atoms with Crippen molar-refractivity contribution in [1.29, 1.82) is 0 Å². The molecule has 0 amide bonds. The van der Waals surface area contributed by atoms with Crippen LogP contribution in [0.3, 0.4) is 0 Å². The highest BCUT2D eigenvalue weighted by Crippen LogP contribution is 2.40. The van der Waals surface area contributed by atoms with E-state index < -0.39 is 5.97 Å². The largest absolute Gasteiger partial charge is 0.481 e. The van der Waals surface area contributed by atoms with Crippen molar-refractivity contribution in [2.75, 3.05) is 6.26 Å². The molecule has 0 unspecified atom stereocenters. The molecule has 1 aromatic heterocycles. The summed E-state index contributed by atoms with van der Waals surface area (Å²) in [6.07, 6.45) is 4.28. The van der Waals surface area contributed by atoms with E-state index >= 15 is 0 Å². The molecule has 3 rings (SSSR count). The third-order valence-corrected chi connectivity index (χ3v) is 5.04. The Kier molecular flexibility index (Phi) is 4.31. The van der Waals surface area contributed by atoms with Crippen LogP contribution in [0.25, 0.3) is 0 Å². The zero-order valence-corrected chi connectivity index (χ0v) is 14.0. The fourth-order valence-corrected chi connectivity index (χ4v) is 3.51. The minimum absolute atomic E-state index is 0.0594. The van der Waals surface area contributed by atoms with Crippen molar-refractivity contribution in [3.05, 3.63) is 52.8 Å². The molecule has 2 aromatic rings. The summed E-state index contributed by atoms with van der Waals surface area (Å²) in [6, 6.07) is 9.62. The fourth-order valence-electron chi connectivity index (χ4n) is 2.83. The molecule has 1 fully saturated rings. The Hall–Kier alpha value is -2.01. The van der Waals surface area contributed by atoms with Gasteiger partial charge in [0.2, 0.25) is 5.78 Å². The van der Waals surface area contributed by atoms with Crippen LogP contribution in [0.15, 0.2) is 35.2 Å². The van der Waals surface area contributed by atoms with Crippen LogP contribution in [0.4, 0.5) is 0 Å². The molecule has 1 aliphatic rings. The first kappa shape index (κ1) is 15.9. The summed E-state index contributed by atoms with van der Waals surface area (Å²) in [7, 11) is 1.75. The molecule has 23 heavy (non-hydrogen) atoms. The van der Waals surface area contributed by atoms with Crippen molar-refractivity contribution >= 4 is 23.5 Å². The Labute approximate surface area is 139 Å². The summed E-state index contributed by atoms with van der Waals surface area (Å²) < 4.78 is 1.71. The van der Waals surface area contributed by atoms with Crippen LogP contribution in [0.1, 0.15) is 46.1 Å². The Morgan fingerprint density at radius 2 is 1.91 bits per heavy atom. The van der Waals surface area contributed by atoms with Crippen molar-refractivity contribution < 1.29 is 14.7 Å². The van der Waals surface area contributed by atoms with E-state index in [1.165, 1.54) is 30.2 Å². The van der Waals surface area contributed by atoms with Crippen LogP contribution < -0.4 is 0 Å². The van der Waals surface area contributed by atoms with Crippen LogP contribution in [0.2, 0.25) is 0 Å². The maximum Gasteiger partial charge on any atom is 0.309 e. The Balaban J connectivity index is 1.94. The lowest BCUT2D eigenvalue weighted by molar-refractivity contribution is -0.136. The van der Waals surface area contributed by atoms with Gasteiger partial charge in [-0.15, -0.1) is 11.8 Å². The second-order valence-electron chi connectivity index (χ2n) is 5.91. The number of carbonyl (C=O) groups is 2. The normalized spacial score (nSPS) is 14.0. The first-order chi connectivity index (χ1) is 11.0. The van der Waals surface area contributed by atoms with E-state index in [1.807, 2.05) is 30.5 Å². The van der Waals surface area contributed by atoms with Gasteiger partial charge in [-0.2, -0.15) is 0 Å². The minimum atomic E-state index is -0.897. The number of hydrogen-bond donors (Lipinski definition) is 1. The Bertz CT molecular complexity index is 757. The summed E-state index contributed by atoms with van der Waals surface area (Å²) >= 11 is 1.46. The van der Waals surface area contributed by atoms with Gasteiger partial charge in [0.25, 0.3) is 0 Å². The molecule has 1 aromatic carbocycles. The Morgan fingerprint density at radius 1 is 1.26 bits per heavy atom. The highest BCUT2D eigenvalue weighted by Gasteiger charge is 2.25. The van der Waals surface area contributed by atoms with Gasteiger partial charge in [0.15, 0.2) is 0 Å². The van der Waals surface area contributed by atoms with E-state index in [-0.39, 0.29) is 12.2 Å².